The van der Waals surface area contributed by atoms with Crippen molar-refractivity contribution in [2.75, 3.05) is 9.80 Å². The number of hydrogen-bond acceptors (Lipinski definition) is 2. The maximum absolute atomic E-state index is 16.2. The first kappa shape index (κ1) is 37.2. The van der Waals surface area contributed by atoms with Crippen LogP contribution in [0.15, 0.2) is 230 Å². The largest absolute Gasteiger partial charge is 0.308 e. The quantitative estimate of drug-likeness (QED) is 0.141. The molecule has 9 aromatic rings. The van der Waals surface area contributed by atoms with Crippen LogP contribution < -0.4 is 9.80 Å². The average molecular weight is 803 g/mol. The third kappa shape index (κ3) is 5.46. The zero-order chi connectivity index (χ0) is 42.0. The Bertz CT molecular complexity index is 3260. The predicted octanol–water partition coefficient (Wildman–Crippen LogP) is 16.0. The average Bonchev–Trinajstić information content (AvgIpc) is 3.78. The normalized spacial score (nSPS) is 13.5. The highest BCUT2D eigenvalue weighted by atomic mass is 19.1. The molecule has 0 amide bonds. The molecular weight excluding hydrogens is 763 g/mol. The van der Waals surface area contributed by atoms with Gasteiger partial charge in [-0.05, 0) is 146 Å². The van der Waals surface area contributed by atoms with Crippen LogP contribution in [-0.2, 0) is 5.41 Å². The minimum Gasteiger partial charge on any atom is -0.308 e. The molecule has 2 aliphatic rings. The van der Waals surface area contributed by atoms with Crippen LogP contribution in [0, 0.1) is 5.82 Å². The Morgan fingerprint density at radius 1 is 0.516 bits per heavy atom. The Morgan fingerprint density at radius 3 is 1.81 bits per heavy atom. The summed E-state index contributed by atoms with van der Waals surface area (Å²) in [6, 6.07) is 66.5. The molecule has 2 nitrogen and oxygen atoms in total. The molecule has 0 radical (unpaired) electrons. The molecule has 0 bridgehead atoms. The number of nitrogens with zero attached hydrogens (tertiary/aromatic N) is 2. The summed E-state index contributed by atoms with van der Waals surface area (Å²) in [5, 5.41) is 4.19. The van der Waals surface area contributed by atoms with Crippen molar-refractivity contribution in [1.29, 1.82) is 0 Å². The van der Waals surface area contributed by atoms with E-state index in [1.54, 1.807) is 25.1 Å². The van der Waals surface area contributed by atoms with Crippen LogP contribution in [0.25, 0.3) is 43.8 Å². The molecule has 0 N–H and O–H groups in total. The molecule has 0 saturated carbocycles. The van der Waals surface area contributed by atoms with Crippen molar-refractivity contribution in [1.82, 2.24) is 0 Å². The minimum atomic E-state index is -0.720. The highest BCUT2D eigenvalue weighted by molar-refractivity contribution is 6.13. The van der Waals surface area contributed by atoms with E-state index in [4.69, 9.17) is 0 Å². The van der Waals surface area contributed by atoms with E-state index in [1.165, 1.54) is 40.0 Å². The van der Waals surface area contributed by atoms with Crippen LogP contribution in [-0.4, -0.2) is 0 Å². The molecule has 0 atom stereocenters. The molecule has 0 fully saturated rings. The standard InChI is InChI=1S/C58H40F2N2/c1-3-19-54(52(59)4-2)61(40-20-7-5-8-21-40)42-33-32-38-35-47-50(36-39(38)34-42)58(48-28-15-13-24-43(48)44-25-14-16-29-49(44)58)51-37-56(45-26-11-12-27-46(45)57(47)51)62(41-22-9-6-10-23-41)55-31-18-17-30-53(55)60/h3-37H,1H2,2H3/b52-4+,54-19+. The number of rotatable bonds is 8. The smallest absolute Gasteiger partial charge is 0.147 e. The lowest BCUT2D eigenvalue weighted by molar-refractivity contribution is 0.629. The van der Waals surface area contributed by atoms with Gasteiger partial charge in [0.25, 0.3) is 0 Å². The molecule has 11 rings (SSSR count). The molecule has 9 aromatic carbocycles. The van der Waals surface area contributed by atoms with Gasteiger partial charge in [-0.1, -0.05) is 140 Å². The fourth-order valence-electron chi connectivity index (χ4n) is 10.2. The fourth-order valence-corrected chi connectivity index (χ4v) is 10.2. The van der Waals surface area contributed by atoms with Gasteiger partial charge in [-0.25, -0.2) is 8.78 Å². The summed E-state index contributed by atoms with van der Waals surface area (Å²) in [6.45, 7) is 5.64. The number of allylic oxidation sites excluding steroid dienone is 4. The van der Waals surface area contributed by atoms with Crippen molar-refractivity contribution in [3.63, 3.8) is 0 Å². The highest BCUT2D eigenvalue weighted by Crippen LogP contribution is 2.65. The zero-order valence-corrected chi connectivity index (χ0v) is 34.1. The van der Waals surface area contributed by atoms with E-state index in [9.17, 15) is 0 Å². The van der Waals surface area contributed by atoms with E-state index < -0.39 is 5.41 Å². The van der Waals surface area contributed by atoms with Gasteiger partial charge in [-0.15, -0.1) is 0 Å². The summed E-state index contributed by atoms with van der Waals surface area (Å²) < 4.78 is 32.1. The van der Waals surface area contributed by atoms with Crippen molar-refractivity contribution < 1.29 is 8.78 Å². The Morgan fingerprint density at radius 2 is 1.13 bits per heavy atom. The molecule has 2 aliphatic carbocycles. The van der Waals surface area contributed by atoms with Gasteiger partial charge in [0.2, 0.25) is 0 Å². The summed E-state index contributed by atoms with van der Waals surface area (Å²) in [5.41, 5.74) is 13.0. The molecule has 4 heteroatoms. The molecule has 296 valence electrons. The monoisotopic (exact) mass is 802 g/mol. The third-order valence-corrected chi connectivity index (χ3v) is 12.6. The maximum Gasteiger partial charge on any atom is 0.147 e. The SMILES string of the molecule is C=C/C=C(\C(F)=C/C)N(c1ccccc1)c1ccc2cc3c(cc2c1)C1(c2ccccc2-c2ccccc21)c1cc(N(c2ccccc2)c2ccccc2F)c2ccccc2c1-3. The second-order valence-electron chi connectivity index (χ2n) is 15.9. The van der Waals surface area contributed by atoms with Crippen LogP contribution in [0.2, 0.25) is 0 Å². The van der Waals surface area contributed by atoms with Crippen LogP contribution in [0.5, 0.6) is 0 Å². The van der Waals surface area contributed by atoms with Crippen molar-refractivity contribution in [3.05, 3.63) is 259 Å². The summed E-state index contributed by atoms with van der Waals surface area (Å²) in [5.74, 6) is -0.651. The van der Waals surface area contributed by atoms with Crippen LogP contribution in [0.4, 0.5) is 37.2 Å². The van der Waals surface area contributed by atoms with Crippen molar-refractivity contribution in [2.45, 2.75) is 12.3 Å². The molecule has 0 unspecified atom stereocenters. The van der Waals surface area contributed by atoms with Crippen LogP contribution in [0.3, 0.4) is 0 Å². The van der Waals surface area contributed by atoms with Gasteiger partial charge >= 0.3 is 0 Å². The first-order valence-corrected chi connectivity index (χ1v) is 21.0. The summed E-state index contributed by atoms with van der Waals surface area (Å²) in [4.78, 5) is 4.02. The van der Waals surface area contributed by atoms with E-state index in [1.807, 2.05) is 77.7 Å². The lowest BCUT2D eigenvalue weighted by atomic mass is 9.70. The van der Waals surface area contributed by atoms with E-state index in [0.717, 1.165) is 61.0 Å². The summed E-state index contributed by atoms with van der Waals surface area (Å²) in [6.07, 6.45) is 4.83. The Kier molecular flexibility index (Phi) is 8.83. The van der Waals surface area contributed by atoms with E-state index >= 15 is 8.78 Å². The number of fused-ring (bicyclic) bond motifs is 13. The van der Waals surface area contributed by atoms with Gasteiger partial charge in [0, 0.05) is 22.4 Å². The number of halogens is 2. The molecule has 0 saturated heterocycles. The summed E-state index contributed by atoms with van der Waals surface area (Å²) >= 11 is 0. The first-order chi connectivity index (χ1) is 30.5. The van der Waals surface area contributed by atoms with Crippen LogP contribution in [0.1, 0.15) is 29.2 Å². The highest BCUT2D eigenvalue weighted by Gasteiger charge is 2.52. The topological polar surface area (TPSA) is 6.48 Å². The maximum atomic E-state index is 16.2. The lowest BCUT2D eigenvalue weighted by Gasteiger charge is -2.33. The first-order valence-electron chi connectivity index (χ1n) is 21.0. The van der Waals surface area contributed by atoms with Crippen molar-refractivity contribution in [2.24, 2.45) is 0 Å². The fraction of sp³-hybridized carbons (Fsp3) is 0.0345. The van der Waals surface area contributed by atoms with Crippen molar-refractivity contribution >= 4 is 50.0 Å². The Hall–Kier alpha value is -7.82. The molecule has 0 aromatic heterocycles. The Labute approximate surface area is 360 Å². The van der Waals surface area contributed by atoms with Gasteiger partial charge in [0.1, 0.15) is 11.6 Å². The molecule has 0 aliphatic heterocycles. The number of para-hydroxylation sites is 3. The number of benzene rings is 9. The number of anilines is 5. The molecule has 0 heterocycles. The second-order valence-corrected chi connectivity index (χ2v) is 15.9. The summed E-state index contributed by atoms with van der Waals surface area (Å²) in [7, 11) is 0. The molecule has 62 heavy (non-hydrogen) atoms. The minimum absolute atomic E-state index is 0.303. The van der Waals surface area contributed by atoms with Gasteiger partial charge in [-0.2, -0.15) is 0 Å². The zero-order valence-electron chi connectivity index (χ0n) is 34.1. The van der Waals surface area contributed by atoms with Crippen molar-refractivity contribution in [3.8, 4) is 22.3 Å². The third-order valence-electron chi connectivity index (χ3n) is 12.6. The number of hydrogen-bond donors (Lipinski definition) is 0. The Balaban J connectivity index is 1.25. The predicted molar refractivity (Wildman–Crippen MR) is 254 cm³/mol. The molecule has 1 spiro atoms. The van der Waals surface area contributed by atoms with Gasteiger partial charge in [-0.3, -0.25) is 0 Å². The van der Waals surface area contributed by atoms with Gasteiger partial charge in [0.05, 0.1) is 22.5 Å². The van der Waals surface area contributed by atoms with Gasteiger partial charge < -0.3 is 9.80 Å². The second kappa shape index (κ2) is 14.7. The van der Waals surface area contributed by atoms with E-state index in [-0.39, 0.29) is 11.6 Å². The lowest BCUT2D eigenvalue weighted by Crippen LogP contribution is -2.26. The molecular formula is C58H40F2N2. The van der Waals surface area contributed by atoms with E-state index in [0.29, 0.717) is 11.4 Å². The van der Waals surface area contributed by atoms with E-state index in [2.05, 4.69) is 121 Å². The van der Waals surface area contributed by atoms with Gasteiger partial charge in [0.15, 0.2) is 0 Å². The van der Waals surface area contributed by atoms with Crippen LogP contribution >= 0.6 is 0 Å².